The molecule has 0 saturated heterocycles. The van der Waals surface area contributed by atoms with Gasteiger partial charge in [-0.1, -0.05) is 25.5 Å². The van der Waals surface area contributed by atoms with Crippen LogP contribution in [0.1, 0.15) is 78.6 Å². The van der Waals surface area contributed by atoms with Crippen LogP contribution in [0.2, 0.25) is 0 Å². The summed E-state index contributed by atoms with van der Waals surface area (Å²) in [6, 6.07) is 0. The Bertz CT molecular complexity index is 664. The first kappa shape index (κ1) is 20.0. The van der Waals surface area contributed by atoms with Gasteiger partial charge in [-0.2, -0.15) is 0 Å². The quantitative estimate of drug-likeness (QED) is 0.499. The fourth-order valence-electron chi connectivity index (χ4n) is 8.18. The van der Waals surface area contributed by atoms with Gasteiger partial charge in [0, 0.05) is 19.3 Å². The Morgan fingerprint density at radius 2 is 1.68 bits per heavy atom. The molecule has 4 rings (SSSR count). The van der Waals surface area contributed by atoms with Gasteiger partial charge in [-0.25, -0.2) is 0 Å². The Labute approximate surface area is 169 Å². The Balaban J connectivity index is 1.67. The summed E-state index contributed by atoms with van der Waals surface area (Å²) in [7, 11) is 0. The third kappa shape index (κ3) is 3.02. The van der Waals surface area contributed by atoms with Crippen molar-refractivity contribution in [2.24, 2.45) is 34.0 Å². The SMILES string of the molecule is C=C1CC23CCC4C(COC(C)=O)(COC(C)=O)CCCC4(C)C2CCC1C3. The number of carbonyl (C=O) groups excluding carboxylic acids is 2. The fourth-order valence-corrected chi connectivity index (χ4v) is 8.18. The molecule has 0 heterocycles. The van der Waals surface area contributed by atoms with E-state index < -0.39 is 0 Å². The summed E-state index contributed by atoms with van der Waals surface area (Å²) in [5.41, 5.74) is 1.92. The van der Waals surface area contributed by atoms with Crippen LogP contribution in [0.25, 0.3) is 0 Å². The molecule has 0 aliphatic heterocycles. The van der Waals surface area contributed by atoms with Crippen molar-refractivity contribution in [2.75, 3.05) is 13.2 Å². The molecule has 2 bridgehead atoms. The minimum Gasteiger partial charge on any atom is -0.465 e. The van der Waals surface area contributed by atoms with E-state index in [1.807, 2.05) is 0 Å². The van der Waals surface area contributed by atoms with Crippen LogP contribution in [0.5, 0.6) is 0 Å². The van der Waals surface area contributed by atoms with Crippen molar-refractivity contribution in [2.45, 2.75) is 78.6 Å². The number of ether oxygens (including phenoxy) is 2. The maximum absolute atomic E-state index is 11.6. The molecule has 5 atom stereocenters. The Hall–Kier alpha value is -1.32. The maximum atomic E-state index is 11.6. The van der Waals surface area contributed by atoms with Crippen molar-refractivity contribution in [1.29, 1.82) is 0 Å². The number of allylic oxidation sites excluding steroid dienone is 1. The molecule has 1 spiro atoms. The van der Waals surface area contributed by atoms with E-state index in [1.54, 1.807) is 0 Å². The minimum atomic E-state index is -0.241. The lowest BCUT2D eigenvalue weighted by Gasteiger charge is -2.64. The van der Waals surface area contributed by atoms with Crippen LogP contribution in [-0.4, -0.2) is 25.2 Å². The van der Waals surface area contributed by atoms with Gasteiger partial charge in [-0.3, -0.25) is 9.59 Å². The summed E-state index contributed by atoms with van der Waals surface area (Å²) >= 11 is 0. The van der Waals surface area contributed by atoms with Gasteiger partial charge < -0.3 is 9.47 Å². The smallest absolute Gasteiger partial charge is 0.302 e. The number of carbonyl (C=O) groups is 2. The standard InChI is InChI=1S/C24H36O4/c1-16-12-23-11-8-21-22(4,20(23)7-6-19(16)13-23)9-5-10-24(21,14-27-17(2)25)15-28-18(3)26/h19-21H,1,5-15H2,2-4H3. The summed E-state index contributed by atoms with van der Waals surface area (Å²) in [5, 5.41) is 0. The van der Waals surface area contributed by atoms with Crippen LogP contribution in [0.4, 0.5) is 0 Å². The molecule has 4 fully saturated rings. The highest BCUT2D eigenvalue weighted by molar-refractivity contribution is 5.66. The van der Waals surface area contributed by atoms with Gasteiger partial charge in [0.1, 0.15) is 13.2 Å². The molecule has 0 N–H and O–H groups in total. The zero-order valence-electron chi connectivity index (χ0n) is 17.9. The molecule has 0 amide bonds. The van der Waals surface area contributed by atoms with Gasteiger partial charge in [-0.15, -0.1) is 0 Å². The summed E-state index contributed by atoms with van der Waals surface area (Å²) in [6.07, 6.45) is 10.9. The van der Waals surface area contributed by atoms with Crippen LogP contribution >= 0.6 is 0 Å². The largest absolute Gasteiger partial charge is 0.465 e. The lowest BCUT2D eigenvalue weighted by molar-refractivity contribution is -0.192. The minimum absolute atomic E-state index is 0.229. The van der Waals surface area contributed by atoms with Gasteiger partial charge in [0.15, 0.2) is 0 Å². The van der Waals surface area contributed by atoms with Gasteiger partial charge in [0.2, 0.25) is 0 Å². The van der Waals surface area contributed by atoms with E-state index in [2.05, 4.69) is 13.5 Å². The molecule has 4 saturated carbocycles. The van der Waals surface area contributed by atoms with Crippen molar-refractivity contribution in [1.82, 2.24) is 0 Å². The second-order valence-electron chi connectivity index (χ2n) is 10.6. The number of fused-ring (bicyclic) bond motifs is 3. The van der Waals surface area contributed by atoms with Crippen LogP contribution in [0.15, 0.2) is 12.2 Å². The van der Waals surface area contributed by atoms with Crippen molar-refractivity contribution in [3.63, 3.8) is 0 Å². The highest BCUT2D eigenvalue weighted by Gasteiger charge is 2.64. The molecular formula is C24H36O4. The zero-order valence-corrected chi connectivity index (χ0v) is 17.9. The number of esters is 2. The first-order chi connectivity index (χ1) is 13.2. The second kappa shape index (κ2) is 6.88. The van der Waals surface area contributed by atoms with E-state index in [9.17, 15) is 9.59 Å². The number of rotatable bonds is 4. The topological polar surface area (TPSA) is 52.6 Å². The normalized spacial score (nSPS) is 41.0. The highest BCUT2D eigenvalue weighted by atomic mass is 16.5. The average molecular weight is 389 g/mol. The summed E-state index contributed by atoms with van der Waals surface area (Å²) in [4.78, 5) is 23.3. The summed E-state index contributed by atoms with van der Waals surface area (Å²) in [6.45, 7) is 10.6. The predicted octanol–water partition coefficient (Wildman–Crippen LogP) is 5.06. The first-order valence-electron chi connectivity index (χ1n) is 11.2. The van der Waals surface area contributed by atoms with Gasteiger partial charge >= 0.3 is 11.9 Å². The van der Waals surface area contributed by atoms with Crippen molar-refractivity contribution in [3.8, 4) is 0 Å². The van der Waals surface area contributed by atoms with Crippen molar-refractivity contribution >= 4 is 11.9 Å². The van der Waals surface area contributed by atoms with Crippen LogP contribution < -0.4 is 0 Å². The van der Waals surface area contributed by atoms with Gasteiger partial charge in [0.05, 0.1) is 0 Å². The van der Waals surface area contributed by atoms with Crippen LogP contribution in [0, 0.1) is 34.0 Å². The molecule has 0 aromatic carbocycles. The van der Waals surface area contributed by atoms with Gasteiger partial charge in [0.25, 0.3) is 0 Å². The van der Waals surface area contributed by atoms with E-state index in [0.717, 1.165) is 25.2 Å². The third-order valence-corrected chi connectivity index (χ3v) is 9.13. The van der Waals surface area contributed by atoms with E-state index in [-0.39, 0.29) is 22.8 Å². The average Bonchev–Trinajstić information content (AvgIpc) is 2.86. The van der Waals surface area contributed by atoms with E-state index in [0.29, 0.717) is 30.5 Å². The molecule has 0 aromatic heterocycles. The molecule has 28 heavy (non-hydrogen) atoms. The highest BCUT2D eigenvalue weighted by Crippen LogP contribution is 2.72. The Kier molecular flexibility index (Phi) is 4.91. The third-order valence-electron chi connectivity index (χ3n) is 9.13. The molecule has 4 aliphatic rings. The first-order valence-corrected chi connectivity index (χ1v) is 11.2. The lowest BCUT2D eigenvalue weighted by atomic mass is 9.41. The van der Waals surface area contributed by atoms with Crippen LogP contribution in [0.3, 0.4) is 0 Å². The Morgan fingerprint density at radius 1 is 1.00 bits per heavy atom. The lowest BCUT2D eigenvalue weighted by Crippen LogP contribution is -2.59. The van der Waals surface area contributed by atoms with Crippen molar-refractivity contribution < 1.29 is 19.1 Å². The molecule has 0 radical (unpaired) electrons. The molecule has 156 valence electrons. The maximum Gasteiger partial charge on any atom is 0.302 e. The van der Waals surface area contributed by atoms with E-state index >= 15 is 0 Å². The fraction of sp³-hybridized carbons (Fsp3) is 0.833. The number of hydrogen-bond donors (Lipinski definition) is 0. The van der Waals surface area contributed by atoms with E-state index in [4.69, 9.17) is 9.47 Å². The summed E-state index contributed by atoms with van der Waals surface area (Å²) in [5.74, 6) is 1.41. The summed E-state index contributed by atoms with van der Waals surface area (Å²) < 4.78 is 11.2. The molecule has 5 unspecified atom stereocenters. The Morgan fingerprint density at radius 3 is 2.32 bits per heavy atom. The molecule has 4 aliphatic carbocycles. The number of hydrogen-bond acceptors (Lipinski definition) is 4. The molecule has 0 aromatic rings. The van der Waals surface area contributed by atoms with E-state index in [1.165, 1.54) is 57.9 Å². The second-order valence-corrected chi connectivity index (χ2v) is 10.6. The molecular weight excluding hydrogens is 352 g/mol. The van der Waals surface area contributed by atoms with Crippen LogP contribution in [-0.2, 0) is 19.1 Å². The van der Waals surface area contributed by atoms with Gasteiger partial charge in [-0.05, 0) is 80.0 Å². The predicted molar refractivity (Wildman–Crippen MR) is 107 cm³/mol. The zero-order chi connectivity index (χ0) is 20.2. The molecule has 4 nitrogen and oxygen atoms in total. The van der Waals surface area contributed by atoms with Crippen molar-refractivity contribution in [3.05, 3.63) is 12.2 Å². The monoisotopic (exact) mass is 388 g/mol. The molecule has 4 heteroatoms.